The highest BCUT2D eigenvalue weighted by Gasteiger charge is 2.35. The molecule has 164 valence electrons. The van der Waals surface area contributed by atoms with E-state index in [9.17, 15) is 4.79 Å². The second-order valence-electron chi connectivity index (χ2n) is 8.42. The minimum atomic E-state index is -0.207. The van der Waals surface area contributed by atoms with Gasteiger partial charge in [0.25, 0.3) is 5.91 Å². The molecule has 0 bridgehead atoms. The number of rotatable bonds is 4. The summed E-state index contributed by atoms with van der Waals surface area (Å²) in [4.78, 5) is 26.6. The van der Waals surface area contributed by atoms with Crippen LogP contribution in [0.3, 0.4) is 0 Å². The molecule has 2 aliphatic rings. The van der Waals surface area contributed by atoms with Gasteiger partial charge in [-0.05, 0) is 25.0 Å². The lowest BCUT2D eigenvalue weighted by atomic mass is 9.99. The Labute approximate surface area is 186 Å². The molecule has 5 heterocycles. The summed E-state index contributed by atoms with van der Waals surface area (Å²) in [7, 11) is 1.87. The maximum atomic E-state index is 12.8. The smallest absolute Gasteiger partial charge is 0.260 e. The van der Waals surface area contributed by atoms with Crippen LogP contribution in [0, 0.1) is 0 Å². The molecule has 9 nitrogen and oxygen atoms in total. The molecule has 0 saturated carbocycles. The predicted octanol–water partition coefficient (Wildman–Crippen LogP) is 1.99. The van der Waals surface area contributed by atoms with Gasteiger partial charge in [0, 0.05) is 56.4 Å². The number of aryl methyl sites for hydroxylation is 1. The van der Waals surface area contributed by atoms with Gasteiger partial charge < -0.3 is 16.0 Å². The fraction of sp³-hybridized carbons (Fsp3) is 0.304. The van der Waals surface area contributed by atoms with Gasteiger partial charge in [-0.3, -0.25) is 19.4 Å². The molecule has 32 heavy (non-hydrogen) atoms. The van der Waals surface area contributed by atoms with Gasteiger partial charge >= 0.3 is 0 Å². The second-order valence-corrected chi connectivity index (χ2v) is 8.42. The van der Waals surface area contributed by atoms with Crippen LogP contribution < -0.4 is 16.0 Å². The lowest BCUT2D eigenvalue weighted by Crippen LogP contribution is -2.50. The van der Waals surface area contributed by atoms with Gasteiger partial charge in [0.15, 0.2) is 0 Å². The maximum Gasteiger partial charge on any atom is 0.260 e. The Balaban J connectivity index is 1.58. The monoisotopic (exact) mass is 430 g/mol. The predicted molar refractivity (Wildman–Crippen MR) is 124 cm³/mol. The van der Waals surface area contributed by atoms with Crippen molar-refractivity contribution in [1.29, 1.82) is 0 Å². The van der Waals surface area contributed by atoms with E-state index in [-0.39, 0.29) is 11.9 Å². The Morgan fingerprint density at radius 1 is 1.28 bits per heavy atom. The van der Waals surface area contributed by atoms with Crippen LogP contribution in [0.2, 0.25) is 0 Å². The lowest BCUT2D eigenvalue weighted by Gasteiger charge is -2.42. The van der Waals surface area contributed by atoms with Crippen LogP contribution in [0.15, 0.2) is 55.4 Å². The summed E-state index contributed by atoms with van der Waals surface area (Å²) in [6, 6.07) is 4.05. The van der Waals surface area contributed by atoms with Gasteiger partial charge in [-0.15, -0.1) is 0 Å². The summed E-state index contributed by atoms with van der Waals surface area (Å²) in [6.07, 6.45) is 7.15. The third-order valence-electron chi connectivity index (χ3n) is 6.07. The first-order valence-electron chi connectivity index (χ1n) is 10.6. The number of amides is 1. The number of pyridine rings is 2. The molecule has 0 aliphatic carbocycles. The lowest BCUT2D eigenvalue weighted by molar-refractivity contribution is 0.0958. The van der Waals surface area contributed by atoms with Crippen LogP contribution in [0.5, 0.6) is 0 Å². The number of anilines is 1. The number of piperidine rings is 1. The third kappa shape index (κ3) is 3.50. The molecule has 1 fully saturated rings. The normalized spacial score (nSPS) is 17.5. The maximum absolute atomic E-state index is 12.8. The number of carbonyl (C=O) groups excluding carboxylic acids is 1. The zero-order chi connectivity index (χ0) is 22.4. The van der Waals surface area contributed by atoms with Crippen LogP contribution in [0.1, 0.15) is 23.2 Å². The molecule has 3 N–H and O–H groups in total. The highest BCUT2D eigenvalue weighted by molar-refractivity contribution is 6.09. The van der Waals surface area contributed by atoms with E-state index in [4.69, 9.17) is 10.7 Å². The Hall–Kier alpha value is -3.72. The van der Waals surface area contributed by atoms with E-state index in [1.54, 1.807) is 17.1 Å². The number of fused-ring (bicyclic) bond motifs is 3. The number of nitrogens with zero attached hydrogens (tertiary/aromatic N) is 6. The largest absolute Gasteiger partial charge is 0.401 e. The molecule has 1 amide bonds. The number of likely N-dealkylation sites (tertiary alicyclic amines) is 1. The van der Waals surface area contributed by atoms with E-state index in [1.807, 2.05) is 25.4 Å². The minimum Gasteiger partial charge on any atom is -0.401 e. The summed E-state index contributed by atoms with van der Waals surface area (Å²) in [5.41, 5.74) is 10.9. The van der Waals surface area contributed by atoms with Crippen LogP contribution in [-0.2, 0) is 7.05 Å². The number of carbonyl (C=O) groups is 1. The number of hydrogen-bond donors (Lipinski definition) is 2. The van der Waals surface area contributed by atoms with E-state index in [0.717, 1.165) is 48.4 Å². The number of nitrogens with two attached hydrogens (primary N) is 1. The topological polar surface area (TPSA) is 105 Å². The Bertz CT molecular complexity index is 1240. The van der Waals surface area contributed by atoms with E-state index >= 15 is 0 Å². The molecule has 3 aromatic rings. The van der Waals surface area contributed by atoms with Crippen molar-refractivity contribution in [2.45, 2.75) is 18.9 Å². The highest BCUT2D eigenvalue weighted by atomic mass is 16.2. The van der Waals surface area contributed by atoms with Gasteiger partial charge in [0.05, 0.1) is 28.7 Å². The molecule has 0 atom stereocenters. The van der Waals surface area contributed by atoms with Crippen molar-refractivity contribution in [3.63, 3.8) is 0 Å². The van der Waals surface area contributed by atoms with Crippen molar-refractivity contribution in [1.82, 2.24) is 30.0 Å². The van der Waals surface area contributed by atoms with Crippen LogP contribution >= 0.6 is 0 Å². The molecular formula is C23H26N8O. The third-order valence-corrected chi connectivity index (χ3v) is 6.07. The molecule has 0 aromatic carbocycles. The molecular weight excluding hydrogens is 404 g/mol. The summed E-state index contributed by atoms with van der Waals surface area (Å²) < 4.78 is 1.74. The van der Waals surface area contributed by atoms with E-state index < -0.39 is 0 Å². The summed E-state index contributed by atoms with van der Waals surface area (Å²) in [5, 5.41) is 7.16. The van der Waals surface area contributed by atoms with E-state index in [1.165, 1.54) is 0 Å². The van der Waals surface area contributed by atoms with Crippen molar-refractivity contribution in [3.8, 4) is 11.3 Å². The summed E-state index contributed by atoms with van der Waals surface area (Å²) in [6.45, 7) is 10.5. The van der Waals surface area contributed by atoms with E-state index in [0.29, 0.717) is 29.1 Å². The average Bonchev–Trinajstić information content (AvgIpc) is 3.20. The Morgan fingerprint density at radius 3 is 2.75 bits per heavy atom. The molecule has 0 unspecified atom stereocenters. The SMILES string of the molecule is C=C(N)CN1CCC(N2C(=C)NC(=O)c3cnc4ccc(-c5cnn(C)c5)nc4c32)CC1. The Morgan fingerprint density at radius 2 is 2.06 bits per heavy atom. The number of hydrogen-bond acceptors (Lipinski definition) is 7. The zero-order valence-corrected chi connectivity index (χ0v) is 18.1. The van der Waals surface area contributed by atoms with E-state index in [2.05, 4.69) is 38.4 Å². The first-order chi connectivity index (χ1) is 15.4. The molecule has 2 aliphatic heterocycles. The van der Waals surface area contributed by atoms with Gasteiger partial charge in [0.2, 0.25) is 0 Å². The fourth-order valence-electron chi connectivity index (χ4n) is 4.60. The highest BCUT2D eigenvalue weighted by Crippen LogP contribution is 2.37. The fourth-order valence-corrected chi connectivity index (χ4v) is 4.60. The first kappa shape index (κ1) is 20.2. The average molecular weight is 431 g/mol. The van der Waals surface area contributed by atoms with Gasteiger partial charge in [-0.2, -0.15) is 5.10 Å². The number of aromatic nitrogens is 4. The van der Waals surface area contributed by atoms with Crippen LogP contribution in [-0.4, -0.2) is 56.2 Å². The molecule has 1 saturated heterocycles. The number of nitrogens with one attached hydrogen (secondary N) is 1. The first-order valence-corrected chi connectivity index (χ1v) is 10.6. The van der Waals surface area contributed by atoms with Crippen LogP contribution in [0.25, 0.3) is 22.3 Å². The van der Waals surface area contributed by atoms with Gasteiger partial charge in [0.1, 0.15) is 11.3 Å². The second kappa shape index (κ2) is 7.76. The molecule has 5 rings (SSSR count). The van der Waals surface area contributed by atoms with Crippen molar-refractivity contribution in [2.75, 3.05) is 24.5 Å². The van der Waals surface area contributed by atoms with Crippen molar-refractivity contribution in [3.05, 3.63) is 61.0 Å². The standard InChI is InChI=1S/C23H26N8O/c1-14(24)12-30-8-6-17(7-9-30)31-15(2)27-23(32)18-11-25-20-5-4-19(28-21(20)22(18)31)16-10-26-29(3)13-16/h4-5,10-11,13,17H,1-2,6-9,12,24H2,3H3,(H,27,32). The summed E-state index contributed by atoms with van der Waals surface area (Å²) in [5.74, 6) is 0.367. The quantitative estimate of drug-likeness (QED) is 0.652. The van der Waals surface area contributed by atoms with Gasteiger partial charge in [-0.1, -0.05) is 13.2 Å². The molecule has 9 heteroatoms. The van der Waals surface area contributed by atoms with Crippen molar-refractivity contribution >= 4 is 22.6 Å². The van der Waals surface area contributed by atoms with Crippen molar-refractivity contribution < 1.29 is 4.79 Å². The Kier molecular flexibility index (Phi) is 4.90. The van der Waals surface area contributed by atoms with Gasteiger partial charge in [-0.25, -0.2) is 4.98 Å². The zero-order valence-electron chi connectivity index (χ0n) is 18.1. The summed E-state index contributed by atoms with van der Waals surface area (Å²) >= 11 is 0. The van der Waals surface area contributed by atoms with Crippen molar-refractivity contribution in [2.24, 2.45) is 12.8 Å². The molecule has 0 radical (unpaired) electrons. The van der Waals surface area contributed by atoms with Crippen LogP contribution in [0.4, 0.5) is 5.69 Å². The molecule has 0 spiro atoms. The molecule has 3 aromatic heterocycles. The minimum absolute atomic E-state index is 0.179.